The molecule has 0 aromatic heterocycles. The molecular formula is C19H24N2O2. The monoisotopic (exact) mass is 312 g/mol. The predicted molar refractivity (Wildman–Crippen MR) is 95.0 cm³/mol. The lowest BCUT2D eigenvalue weighted by Gasteiger charge is -2.11. The first-order chi connectivity index (χ1) is 11.1. The van der Waals surface area contributed by atoms with Crippen molar-refractivity contribution in [3.05, 3.63) is 54.6 Å². The molecule has 0 saturated heterocycles. The molecule has 1 amide bonds. The van der Waals surface area contributed by atoms with Gasteiger partial charge in [-0.3, -0.25) is 4.79 Å². The minimum Gasteiger partial charge on any atom is -0.494 e. The van der Waals surface area contributed by atoms with Crippen LogP contribution < -0.4 is 15.4 Å². The highest BCUT2D eigenvalue weighted by atomic mass is 16.5. The van der Waals surface area contributed by atoms with E-state index in [-0.39, 0.29) is 12.5 Å². The molecule has 0 spiro atoms. The van der Waals surface area contributed by atoms with E-state index in [1.807, 2.05) is 54.6 Å². The highest BCUT2D eigenvalue weighted by Gasteiger charge is 2.04. The number of carbonyl (C=O) groups excluding carboxylic acids is 1. The standard InChI is InChI=1S/C19H24N2O2/c1-15(2)11-12-23-18-10-6-9-17(13-18)21-19(22)14-20-16-7-4-3-5-8-16/h3-10,13,15,20H,11-12,14H2,1-2H3,(H,21,22). The second kappa shape index (κ2) is 8.83. The summed E-state index contributed by atoms with van der Waals surface area (Å²) in [6, 6.07) is 17.1. The van der Waals surface area contributed by atoms with Crippen molar-refractivity contribution in [2.45, 2.75) is 20.3 Å². The minimum atomic E-state index is -0.0896. The third kappa shape index (κ3) is 6.43. The fourth-order valence-electron chi connectivity index (χ4n) is 2.02. The smallest absolute Gasteiger partial charge is 0.243 e. The summed E-state index contributed by atoms with van der Waals surface area (Å²) in [4.78, 5) is 12.0. The molecule has 4 heteroatoms. The molecule has 2 aromatic rings. The number of anilines is 2. The molecule has 0 bridgehead atoms. The van der Waals surface area contributed by atoms with Crippen LogP contribution >= 0.6 is 0 Å². The summed E-state index contributed by atoms with van der Waals surface area (Å²) in [5.41, 5.74) is 1.67. The van der Waals surface area contributed by atoms with E-state index in [0.29, 0.717) is 12.5 Å². The van der Waals surface area contributed by atoms with Crippen LogP contribution in [-0.4, -0.2) is 19.1 Å². The predicted octanol–water partition coefficient (Wildman–Crippen LogP) is 4.16. The van der Waals surface area contributed by atoms with Crippen molar-refractivity contribution < 1.29 is 9.53 Å². The van der Waals surface area contributed by atoms with Gasteiger partial charge in [-0.15, -0.1) is 0 Å². The summed E-state index contributed by atoms with van der Waals surface area (Å²) < 4.78 is 5.70. The van der Waals surface area contributed by atoms with Crippen molar-refractivity contribution in [3.63, 3.8) is 0 Å². The molecule has 0 aliphatic carbocycles. The van der Waals surface area contributed by atoms with Crippen LogP contribution in [0.15, 0.2) is 54.6 Å². The second-order valence-corrected chi connectivity index (χ2v) is 5.83. The van der Waals surface area contributed by atoms with Crippen LogP contribution in [0.4, 0.5) is 11.4 Å². The van der Waals surface area contributed by atoms with Crippen molar-refractivity contribution in [1.82, 2.24) is 0 Å². The Kier molecular flexibility index (Phi) is 6.48. The van der Waals surface area contributed by atoms with E-state index in [1.165, 1.54) is 0 Å². The summed E-state index contributed by atoms with van der Waals surface area (Å²) in [6.07, 6.45) is 1.01. The highest BCUT2D eigenvalue weighted by molar-refractivity contribution is 5.93. The van der Waals surface area contributed by atoms with Gasteiger partial charge in [0.05, 0.1) is 13.2 Å². The topological polar surface area (TPSA) is 50.4 Å². The van der Waals surface area contributed by atoms with E-state index in [0.717, 1.165) is 23.5 Å². The number of hydrogen-bond acceptors (Lipinski definition) is 3. The Bertz CT molecular complexity index is 612. The summed E-state index contributed by atoms with van der Waals surface area (Å²) in [6.45, 7) is 5.24. The van der Waals surface area contributed by atoms with Gasteiger partial charge in [0.1, 0.15) is 5.75 Å². The van der Waals surface area contributed by atoms with E-state index in [2.05, 4.69) is 24.5 Å². The third-order valence-corrected chi connectivity index (χ3v) is 3.31. The minimum absolute atomic E-state index is 0.0896. The maximum atomic E-state index is 12.0. The first-order valence-corrected chi connectivity index (χ1v) is 7.95. The molecule has 0 aliphatic heterocycles. The second-order valence-electron chi connectivity index (χ2n) is 5.83. The van der Waals surface area contributed by atoms with E-state index >= 15 is 0 Å². The average molecular weight is 312 g/mol. The van der Waals surface area contributed by atoms with Gasteiger partial charge < -0.3 is 15.4 Å². The number of hydrogen-bond donors (Lipinski definition) is 2. The van der Waals surface area contributed by atoms with Crippen molar-refractivity contribution in [2.75, 3.05) is 23.8 Å². The lowest BCUT2D eigenvalue weighted by atomic mass is 10.1. The number of rotatable bonds is 8. The molecule has 0 atom stereocenters. The molecular weight excluding hydrogens is 288 g/mol. The Morgan fingerprint density at radius 2 is 1.78 bits per heavy atom. The highest BCUT2D eigenvalue weighted by Crippen LogP contribution is 2.18. The fraction of sp³-hybridized carbons (Fsp3) is 0.316. The molecule has 0 fully saturated rings. The third-order valence-electron chi connectivity index (χ3n) is 3.31. The van der Waals surface area contributed by atoms with Crippen molar-refractivity contribution in [1.29, 1.82) is 0 Å². The van der Waals surface area contributed by atoms with Crippen LogP contribution in [0.2, 0.25) is 0 Å². The molecule has 4 nitrogen and oxygen atoms in total. The Hall–Kier alpha value is -2.49. The molecule has 122 valence electrons. The lowest BCUT2D eigenvalue weighted by Crippen LogP contribution is -2.21. The fourth-order valence-corrected chi connectivity index (χ4v) is 2.02. The largest absolute Gasteiger partial charge is 0.494 e. The summed E-state index contributed by atoms with van der Waals surface area (Å²) in [5.74, 6) is 1.30. The number of ether oxygens (including phenoxy) is 1. The molecule has 23 heavy (non-hydrogen) atoms. The van der Waals surface area contributed by atoms with Gasteiger partial charge in [-0.2, -0.15) is 0 Å². The Morgan fingerprint density at radius 1 is 1.04 bits per heavy atom. The van der Waals surface area contributed by atoms with Crippen LogP contribution in [0.1, 0.15) is 20.3 Å². The van der Waals surface area contributed by atoms with E-state index in [4.69, 9.17) is 4.74 Å². The summed E-state index contributed by atoms with van der Waals surface area (Å²) in [5, 5.41) is 5.95. The van der Waals surface area contributed by atoms with Crippen LogP contribution in [-0.2, 0) is 4.79 Å². The zero-order valence-corrected chi connectivity index (χ0v) is 13.7. The molecule has 0 aliphatic rings. The zero-order chi connectivity index (χ0) is 16.5. The van der Waals surface area contributed by atoms with Crippen LogP contribution in [0, 0.1) is 5.92 Å². The van der Waals surface area contributed by atoms with Gasteiger partial charge in [0, 0.05) is 17.4 Å². The molecule has 0 unspecified atom stereocenters. The Morgan fingerprint density at radius 3 is 2.52 bits per heavy atom. The Balaban J connectivity index is 1.81. The van der Waals surface area contributed by atoms with Gasteiger partial charge in [-0.1, -0.05) is 38.1 Å². The van der Waals surface area contributed by atoms with Gasteiger partial charge in [-0.25, -0.2) is 0 Å². The number of carbonyl (C=O) groups is 1. The van der Waals surface area contributed by atoms with Gasteiger partial charge in [0.15, 0.2) is 0 Å². The van der Waals surface area contributed by atoms with E-state index < -0.39 is 0 Å². The molecule has 0 radical (unpaired) electrons. The lowest BCUT2D eigenvalue weighted by molar-refractivity contribution is -0.114. The number of nitrogens with one attached hydrogen (secondary N) is 2. The zero-order valence-electron chi connectivity index (χ0n) is 13.7. The molecule has 0 heterocycles. The van der Waals surface area contributed by atoms with Crippen LogP contribution in [0.25, 0.3) is 0 Å². The SMILES string of the molecule is CC(C)CCOc1cccc(NC(=O)CNc2ccccc2)c1. The summed E-state index contributed by atoms with van der Waals surface area (Å²) in [7, 11) is 0. The maximum Gasteiger partial charge on any atom is 0.243 e. The molecule has 0 saturated carbocycles. The quantitative estimate of drug-likeness (QED) is 0.769. The van der Waals surface area contributed by atoms with Crippen molar-refractivity contribution in [3.8, 4) is 5.75 Å². The number of benzene rings is 2. The summed E-state index contributed by atoms with van der Waals surface area (Å²) >= 11 is 0. The van der Waals surface area contributed by atoms with Crippen molar-refractivity contribution >= 4 is 17.3 Å². The number of para-hydroxylation sites is 1. The first-order valence-electron chi connectivity index (χ1n) is 7.95. The first kappa shape index (κ1) is 16.9. The Labute approximate surface area is 137 Å². The van der Waals surface area contributed by atoms with Crippen LogP contribution in [0.5, 0.6) is 5.75 Å². The van der Waals surface area contributed by atoms with Crippen molar-refractivity contribution in [2.24, 2.45) is 5.92 Å². The maximum absolute atomic E-state index is 12.0. The van der Waals surface area contributed by atoms with Gasteiger partial charge >= 0.3 is 0 Å². The van der Waals surface area contributed by atoms with Gasteiger partial charge in [-0.05, 0) is 36.6 Å². The number of amides is 1. The van der Waals surface area contributed by atoms with Crippen LogP contribution in [0.3, 0.4) is 0 Å². The van der Waals surface area contributed by atoms with Gasteiger partial charge in [0.25, 0.3) is 0 Å². The average Bonchev–Trinajstić information content (AvgIpc) is 2.54. The van der Waals surface area contributed by atoms with Gasteiger partial charge in [0.2, 0.25) is 5.91 Å². The molecule has 2 aromatic carbocycles. The normalized spacial score (nSPS) is 10.4. The molecule has 2 N–H and O–H groups in total. The molecule has 2 rings (SSSR count). The van der Waals surface area contributed by atoms with E-state index in [1.54, 1.807) is 0 Å². The van der Waals surface area contributed by atoms with E-state index in [9.17, 15) is 4.79 Å².